The lowest BCUT2D eigenvalue weighted by Gasteiger charge is -2.14. The number of alkyl halides is 6. The van der Waals surface area contributed by atoms with Crippen LogP contribution in [0.5, 0.6) is 11.5 Å². The van der Waals surface area contributed by atoms with E-state index in [2.05, 4.69) is 20.0 Å². The molecule has 0 fully saturated rings. The summed E-state index contributed by atoms with van der Waals surface area (Å²) in [6.45, 7) is 11.4. The van der Waals surface area contributed by atoms with Gasteiger partial charge in [-0.3, -0.25) is 10.6 Å². The van der Waals surface area contributed by atoms with Gasteiger partial charge in [0.1, 0.15) is 17.3 Å². The summed E-state index contributed by atoms with van der Waals surface area (Å²) in [5.41, 5.74) is 9.54. The molecule has 1 aromatic heterocycles. The van der Waals surface area contributed by atoms with E-state index in [1.807, 2.05) is 47.6 Å². The summed E-state index contributed by atoms with van der Waals surface area (Å²) < 4.78 is 80.2. The molecule has 244 valence electrons. The fraction of sp³-hybridized carbons (Fsp3) is 0.393. The molecule has 3 rings (SSSR count). The van der Waals surface area contributed by atoms with Crippen molar-refractivity contribution in [2.75, 3.05) is 11.2 Å². The second-order valence-corrected chi connectivity index (χ2v) is 10.9. The minimum absolute atomic E-state index is 0. The Morgan fingerprint density at radius 2 is 1.32 bits per heavy atom. The Bertz CT molecular complexity index is 1360. The van der Waals surface area contributed by atoms with E-state index >= 15 is 0 Å². The van der Waals surface area contributed by atoms with Crippen molar-refractivity contribution in [1.29, 1.82) is 5.26 Å². The second-order valence-electron chi connectivity index (χ2n) is 10.9. The van der Waals surface area contributed by atoms with Gasteiger partial charge in [0.25, 0.3) is 0 Å². The molecule has 0 radical (unpaired) electrons. The number of anilines is 2. The number of nitrogens with two attached hydrogens (primary N) is 2. The van der Waals surface area contributed by atoms with Crippen molar-refractivity contribution >= 4 is 29.7 Å². The molecule has 0 bridgehead atoms. The normalized spacial score (nSPS) is 11.4. The maximum atomic E-state index is 12.1. The zero-order valence-electron chi connectivity index (χ0n) is 24.8. The summed E-state index contributed by atoms with van der Waals surface area (Å²) >= 11 is 0. The summed E-state index contributed by atoms with van der Waals surface area (Å²) in [4.78, 5) is 10.8. The predicted molar refractivity (Wildman–Crippen MR) is 156 cm³/mol. The Hall–Kier alpha value is -4.16. The lowest BCUT2D eigenvalue weighted by molar-refractivity contribution is -0.275. The van der Waals surface area contributed by atoms with Gasteiger partial charge in [0, 0.05) is 22.6 Å². The first kappa shape index (κ1) is 39.8. The number of halogens is 7. The number of carbonyl (C=O) groups is 1. The molecule has 16 heteroatoms. The van der Waals surface area contributed by atoms with Crippen molar-refractivity contribution in [2.45, 2.75) is 66.1 Å². The van der Waals surface area contributed by atoms with Crippen LogP contribution in [0.4, 0.5) is 37.8 Å². The predicted octanol–water partition coefficient (Wildman–Crippen LogP) is 7.46. The quantitative estimate of drug-likeness (QED) is 0.147. The zero-order chi connectivity index (χ0) is 33.2. The number of nitrogens with zero attached hydrogens (tertiary/aromatic N) is 3. The van der Waals surface area contributed by atoms with Crippen LogP contribution in [0.25, 0.3) is 5.69 Å². The van der Waals surface area contributed by atoms with Crippen LogP contribution < -0.4 is 26.5 Å². The Balaban J connectivity index is 0.000000690. The third-order valence-corrected chi connectivity index (χ3v) is 5.15. The van der Waals surface area contributed by atoms with Crippen LogP contribution in [0, 0.1) is 16.7 Å². The van der Waals surface area contributed by atoms with Gasteiger partial charge in [0.2, 0.25) is 0 Å². The van der Waals surface area contributed by atoms with Crippen molar-refractivity contribution in [1.82, 2.24) is 9.78 Å². The molecule has 0 spiro atoms. The van der Waals surface area contributed by atoms with Gasteiger partial charge in [0.15, 0.2) is 5.78 Å². The third-order valence-electron chi connectivity index (χ3n) is 5.15. The minimum Gasteiger partial charge on any atom is -0.406 e. The van der Waals surface area contributed by atoms with Gasteiger partial charge >= 0.3 is 12.7 Å². The number of Topliss-reactive ketones (excluding diaryl/α,β-unsaturated/α-hetero) is 1. The highest BCUT2D eigenvalue weighted by atomic mass is 35.5. The standard InChI is InChI=1S/C14H16F3N3O.C7H7F3N2O.C7H11NO.ClH/c1-13(2,3)11-8-12(18)20(19-11)9-4-6-10(7-5-9)21-14(15,16)17;8-7(9,10)13-6-3-1-5(12-11)2-4-6;1-7(2,3)6(9)4-5-8;/h4-8H,18H2,1-3H3;1-4,12H,11H2;4H2,1-3H3;1H. The molecule has 2 aromatic carbocycles. The molecule has 1 heterocycles. The Morgan fingerprint density at radius 1 is 0.886 bits per heavy atom. The molecule has 3 aromatic rings. The molecule has 0 atom stereocenters. The van der Waals surface area contributed by atoms with E-state index in [1.54, 1.807) is 6.07 Å². The number of nitrogens with one attached hydrogen (secondary N) is 1. The maximum absolute atomic E-state index is 12.1. The molecule has 0 saturated carbocycles. The van der Waals surface area contributed by atoms with E-state index < -0.39 is 12.7 Å². The average Bonchev–Trinajstić information content (AvgIpc) is 3.26. The Labute approximate surface area is 257 Å². The van der Waals surface area contributed by atoms with Gasteiger partial charge in [-0.1, -0.05) is 41.5 Å². The highest BCUT2D eigenvalue weighted by Crippen LogP contribution is 2.27. The van der Waals surface area contributed by atoms with Crippen LogP contribution in [-0.4, -0.2) is 28.3 Å². The number of ketones is 1. The number of nitriles is 1. The van der Waals surface area contributed by atoms with E-state index in [1.165, 1.54) is 53.2 Å². The molecule has 0 unspecified atom stereocenters. The first-order valence-corrected chi connectivity index (χ1v) is 12.5. The molecule has 9 nitrogen and oxygen atoms in total. The number of hydrazine groups is 1. The molecule has 44 heavy (non-hydrogen) atoms. The van der Waals surface area contributed by atoms with Crippen LogP contribution in [0.15, 0.2) is 54.6 Å². The average molecular weight is 653 g/mol. The number of hydrogen-bond donors (Lipinski definition) is 3. The van der Waals surface area contributed by atoms with Crippen LogP contribution in [0.2, 0.25) is 0 Å². The summed E-state index contributed by atoms with van der Waals surface area (Å²) in [6.07, 6.45) is -9.33. The molecular weight excluding hydrogens is 618 g/mol. The lowest BCUT2D eigenvalue weighted by Crippen LogP contribution is -2.18. The van der Waals surface area contributed by atoms with Gasteiger partial charge in [-0.2, -0.15) is 10.4 Å². The largest absolute Gasteiger partial charge is 0.573 e. The van der Waals surface area contributed by atoms with Gasteiger partial charge in [0.05, 0.1) is 23.9 Å². The van der Waals surface area contributed by atoms with Gasteiger partial charge < -0.3 is 20.6 Å². The monoisotopic (exact) mass is 652 g/mol. The fourth-order valence-electron chi connectivity index (χ4n) is 2.85. The number of rotatable bonds is 5. The summed E-state index contributed by atoms with van der Waals surface area (Å²) in [7, 11) is 0. The molecule has 0 saturated heterocycles. The first-order valence-electron chi connectivity index (χ1n) is 12.5. The van der Waals surface area contributed by atoms with E-state index in [9.17, 15) is 31.1 Å². The number of carbonyl (C=O) groups excluding carboxylic acids is 1. The van der Waals surface area contributed by atoms with Crippen molar-refractivity contribution in [2.24, 2.45) is 11.3 Å². The molecule has 5 N–H and O–H groups in total. The van der Waals surface area contributed by atoms with Crippen LogP contribution >= 0.6 is 12.4 Å². The Morgan fingerprint density at radius 3 is 1.61 bits per heavy atom. The summed E-state index contributed by atoms with van der Waals surface area (Å²) in [5, 5.41) is 12.5. The molecule has 0 amide bonds. The number of hydrogen-bond acceptors (Lipinski definition) is 8. The SMILES string of the molecule is CC(C)(C)C(=O)CC#N.CC(C)(C)c1cc(N)n(-c2ccc(OC(F)(F)F)cc2)n1.Cl.NNc1ccc(OC(F)(F)F)cc1. The fourth-order valence-corrected chi connectivity index (χ4v) is 2.85. The highest BCUT2D eigenvalue weighted by molar-refractivity contribution is 5.85. The molecule has 0 aliphatic rings. The number of nitrogen functional groups attached to an aromatic ring is 2. The topological polar surface area (TPSA) is 141 Å². The van der Waals surface area contributed by atoms with E-state index in [0.29, 0.717) is 17.2 Å². The van der Waals surface area contributed by atoms with Crippen molar-refractivity contribution < 1.29 is 40.6 Å². The number of benzene rings is 2. The van der Waals surface area contributed by atoms with Crippen LogP contribution in [0.3, 0.4) is 0 Å². The molecular formula is C28H35ClF6N6O3. The van der Waals surface area contributed by atoms with Crippen LogP contribution in [0.1, 0.15) is 53.7 Å². The minimum atomic E-state index is -4.70. The van der Waals surface area contributed by atoms with Crippen molar-refractivity contribution in [3.63, 3.8) is 0 Å². The maximum Gasteiger partial charge on any atom is 0.573 e. The molecule has 0 aliphatic carbocycles. The van der Waals surface area contributed by atoms with Crippen molar-refractivity contribution in [3.05, 3.63) is 60.3 Å². The zero-order valence-corrected chi connectivity index (χ0v) is 25.6. The van der Waals surface area contributed by atoms with E-state index in [0.717, 1.165) is 5.69 Å². The van der Waals surface area contributed by atoms with Crippen molar-refractivity contribution in [3.8, 4) is 23.3 Å². The first-order chi connectivity index (χ1) is 19.6. The van der Waals surface area contributed by atoms with Gasteiger partial charge in [-0.15, -0.1) is 38.7 Å². The second kappa shape index (κ2) is 16.1. The van der Waals surface area contributed by atoms with E-state index in [-0.39, 0.29) is 46.9 Å². The number of aromatic nitrogens is 2. The molecule has 0 aliphatic heterocycles. The highest BCUT2D eigenvalue weighted by Gasteiger charge is 2.31. The van der Waals surface area contributed by atoms with Gasteiger partial charge in [-0.05, 0) is 48.5 Å². The summed E-state index contributed by atoms with van der Waals surface area (Å²) in [5.74, 6) is 4.88. The smallest absolute Gasteiger partial charge is 0.406 e. The number of ether oxygens (including phenoxy) is 2. The van der Waals surface area contributed by atoms with Gasteiger partial charge in [-0.25, -0.2) is 4.68 Å². The van der Waals surface area contributed by atoms with Crippen LogP contribution in [-0.2, 0) is 10.2 Å². The van der Waals surface area contributed by atoms with E-state index in [4.69, 9.17) is 16.8 Å². The third kappa shape index (κ3) is 14.8. The lowest BCUT2D eigenvalue weighted by atomic mass is 9.89. The Kier molecular flexibility index (Phi) is 14.5. The summed E-state index contributed by atoms with van der Waals surface area (Å²) in [6, 6.07) is 14.0.